The number of nitrogens with one attached hydrogen (secondary N) is 1. The lowest BCUT2D eigenvalue weighted by Gasteiger charge is -2.30. The normalized spacial score (nSPS) is 19.5. The molecule has 2 amide bonds. The van der Waals surface area contributed by atoms with Crippen LogP contribution in [-0.4, -0.2) is 31.4 Å². The quantitative estimate of drug-likeness (QED) is 0.793. The minimum atomic E-state index is -1.02. The van der Waals surface area contributed by atoms with Crippen molar-refractivity contribution in [1.82, 2.24) is 0 Å². The number of carbonyl (C=O) groups excluding carboxylic acids is 2. The van der Waals surface area contributed by atoms with E-state index in [2.05, 4.69) is 10.2 Å². The van der Waals surface area contributed by atoms with Crippen molar-refractivity contribution in [3.05, 3.63) is 54.1 Å². The van der Waals surface area contributed by atoms with E-state index in [9.17, 15) is 18.4 Å². The number of nitrogens with zero attached hydrogens (tertiary/aromatic N) is 2. The lowest BCUT2D eigenvalue weighted by molar-refractivity contribution is -0.129. The summed E-state index contributed by atoms with van der Waals surface area (Å²) in [6.07, 6.45) is 3.77. The molecule has 1 atom stereocenters. The zero-order valence-electron chi connectivity index (χ0n) is 16.0. The van der Waals surface area contributed by atoms with Crippen LogP contribution in [0.5, 0.6) is 0 Å². The summed E-state index contributed by atoms with van der Waals surface area (Å²) in [4.78, 5) is 29.2. The standard InChI is InChI=1S/C22H23F2N3O2/c23-17-9-8-15(14-18(17)24)27-13-10-16(22(27)29)21(28)25-19-6-2-3-7-20(19)26-11-4-1-5-12-26/h2-3,6-9,14,16H,1,4-5,10-13H2,(H,25,28). The van der Waals surface area contributed by atoms with Gasteiger partial charge in [-0.2, -0.15) is 0 Å². The number of benzene rings is 2. The molecule has 152 valence electrons. The topological polar surface area (TPSA) is 52.7 Å². The second-order valence-electron chi connectivity index (χ2n) is 7.48. The van der Waals surface area contributed by atoms with Crippen LogP contribution in [-0.2, 0) is 9.59 Å². The Balaban J connectivity index is 1.48. The number of amides is 2. The number of rotatable bonds is 4. The molecule has 2 saturated heterocycles. The first-order valence-electron chi connectivity index (χ1n) is 9.96. The van der Waals surface area contributed by atoms with Crippen LogP contribution in [0.1, 0.15) is 25.7 Å². The fourth-order valence-corrected chi connectivity index (χ4v) is 4.04. The molecule has 0 aliphatic carbocycles. The Morgan fingerprint density at radius 3 is 2.48 bits per heavy atom. The average molecular weight is 399 g/mol. The summed E-state index contributed by atoms with van der Waals surface area (Å²) in [6.45, 7) is 2.17. The number of carbonyl (C=O) groups is 2. The Labute approximate surface area is 168 Å². The van der Waals surface area contributed by atoms with Gasteiger partial charge in [0.15, 0.2) is 11.6 Å². The van der Waals surface area contributed by atoms with Gasteiger partial charge in [-0.15, -0.1) is 0 Å². The summed E-state index contributed by atoms with van der Waals surface area (Å²) in [5, 5.41) is 2.91. The molecule has 0 spiro atoms. The number of halogens is 2. The summed E-state index contributed by atoms with van der Waals surface area (Å²) in [5.74, 6) is -3.60. The van der Waals surface area contributed by atoms with Crippen molar-refractivity contribution in [3.8, 4) is 0 Å². The van der Waals surface area contributed by atoms with Crippen LogP contribution in [0, 0.1) is 17.6 Å². The molecule has 0 bridgehead atoms. The van der Waals surface area contributed by atoms with Crippen molar-refractivity contribution in [2.24, 2.45) is 5.92 Å². The van der Waals surface area contributed by atoms with Gasteiger partial charge in [0.25, 0.3) is 0 Å². The monoisotopic (exact) mass is 399 g/mol. The first-order chi connectivity index (χ1) is 14.0. The Kier molecular flexibility index (Phi) is 5.47. The van der Waals surface area contributed by atoms with Gasteiger partial charge in [0.2, 0.25) is 11.8 Å². The molecule has 4 rings (SSSR count). The summed E-state index contributed by atoms with van der Waals surface area (Å²) in [7, 11) is 0. The van der Waals surface area contributed by atoms with Gasteiger partial charge < -0.3 is 15.1 Å². The second-order valence-corrected chi connectivity index (χ2v) is 7.48. The largest absolute Gasteiger partial charge is 0.370 e. The molecule has 0 aromatic heterocycles. The van der Waals surface area contributed by atoms with Gasteiger partial charge in [0.05, 0.1) is 11.4 Å². The third-order valence-corrected chi connectivity index (χ3v) is 5.60. The zero-order chi connectivity index (χ0) is 20.4. The van der Waals surface area contributed by atoms with E-state index in [0.717, 1.165) is 43.8 Å². The molecule has 2 aromatic rings. The molecule has 1 unspecified atom stereocenters. The van der Waals surface area contributed by atoms with Crippen LogP contribution < -0.4 is 15.1 Å². The average Bonchev–Trinajstić information content (AvgIpc) is 3.12. The number of hydrogen-bond acceptors (Lipinski definition) is 3. The Hall–Kier alpha value is -2.96. The smallest absolute Gasteiger partial charge is 0.239 e. The third kappa shape index (κ3) is 3.95. The van der Waals surface area contributed by atoms with E-state index in [0.29, 0.717) is 12.1 Å². The highest BCUT2D eigenvalue weighted by Crippen LogP contribution is 2.31. The van der Waals surface area contributed by atoms with E-state index in [1.165, 1.54) is 17.4 Å². The Bertz CT molecular complexity index is 928. The SMILES string of the molecule is O=C(Nc1ccccc1N1CCCCC1)C1CCN(c2ccc(F)c(F)c2)C1=O. The molecular weight excluding hydrogens is 376 g/mol. The highest BCUT2D eigenvalue weighted by atomic mass is 19.2. The maximum Gasteiger partial charge on any atom is 0.239 e. The van der Waals surface area contributed by atoms with Gasteiger partial charge in [0, 0.05) is 31.4 Å². The Morgan fingerprint density at radius 1 is 0.966 bits per heavy atom. The first-order valence-corrected chi connectivity index (χ1v) is 9.96. The molecule has 1 N–H and O–H groups in total. The van der Waals surface area contributed by atoms with E-state index in [-0.39, 0.29) is 18.1 Å². The molecular formula is C22H23F2N3O2. The minimum absolute atomic E-state index is 0.262. The summed E-state index contributed by atoms with van der Waals surface area (Å²) in [6, 6.07) is 10.9. The van der Waals surface area contributed by atoms with Gasteiger partial charge >= 0.3 is 0 Å². The predicted octanol–water partition coefficient (Wildman–Crippen LogP) is 3.95. The highest BCUT2D eigenvalue weighted by Gasteiger charge is 2.38. The molecule has 7 heteroatoms. The highest BCUT2D eigenvalue weighted by molar-refractivity contribution is 6.13. The fourth-order valence-electron chi connectivity index (χ4n) is 4.04. The Morgan fingerprint density at radius 2 is 1.72 bits per heavy atom. The second kappa shape index (κ2) is 8.19. The molecule has 29 heavy (non-hydrogen) atoms. The van der Waals surface area contributed by atoms with Crippen molar-refractivity contribution < 1.29 is 18.4 Å². The van der Waals surface area contributed by atoms with Gasteiger partial charge in [-0.1, -0.05) is 12.1 Å². The van der Waals surface area contributed by atoms with E-state index >= 15 is 0 Å². The van der Waals surface area contributed by atoms with E-state index in [1.54, 1.807) is 0 Å². The summed E-state index contributed by atoms with van der Waals surface area (Å²) in [5.41, 5.74) is 1.92. The molecule has 2 fully saturated rings. The first kappa shape index (κ1) is 19.4. The summed E-state index contributed by atoms with van der Waals surface area (Å²) >= 11 is 0. The number of para-hydroxylation sites is 2. The lowest BCUT2D eigenvalue weighted by atomic mass is 10.1. The molecule has 0 radical (unpaired) electrons. The van der Waals surface area contributed by atoms with Crippen LogP contribution in [0.4, 0.5) is 25.8 Å². The number of piperidine rings is 1. The molecule has 5 nitrogen and oxygen atoms in total. The molecule has 2 heterocycles. The maximum absolute atomic E-state index is 13.5. The minimum Gasteiger partial charge on any atom is -0.370 e. The summed E-state index contributed by atoms with van der Waals surface area (Å²) < 4.78 is 26.7. The van der Waals surface area contributed by atoms with Crippen molar-refractivity contribution >= 4 is 28.9 Å². The molecule has 2 aliphatic heterocycles. The molecule has 2 aliphatic rings. The predicted molar refractivity (Wildman–Crippen MR) is 108 cm³/mol. The van der Waals surface area contributed by atoms with Crippen LogP contribution in [0.2, 0.25) is 0 Å². The molecule has 0 saturated carbocycles. The van der Waals surface area contributed by atoms with Gasteiger partial charge in [-0.05, 0) is 49.9 Å². The van der Waals surface area contributed by atoms with E-state index in [1.807, 2.05) is 24.3 Å². The van der Waals surface area contributed by atoms with Crippen molar-refractivity contribution in [2.45, 2.75) is 25.7 Å². The maximum atomic E-state index is 13.5. The van der Waals surface area contributed by atoms with Gasteiger partial charge in [0.1, 0.15) is 5.92 Å². The number of anilines is 3. The zero-order valence-corrected chi connectivity index (χ0v) is 16.0. The van der Waals surface area contributed by atoms with Gasteiger partial charge in [-0.3, -0.25) is 9.59 Å². The van der Waals surface area contributed by atoms with E-state index in [4.69, 9.17) is 0 Å². The van der Waals surface area contributed by atoms with Crippen LogP contribution >= 0.6 is 0 Å². The third-order valence-electron chi connectivity index (χ3n) is 5.60. The van der Waals surface area contributed by atoms with Crippen LogP contribution in [0.15, 0.2) is 42.5 Å². The van der Waals surface area contributed by atoms with Crippen molar-refractivity contribution in [1.29, 1.82) is 0 Å². The van der Waals surface area contributed by atoms with Crippen molar-refractivity contribution in [3.63, 3.8) is 0 Å². The van der Waals surface area contributed by atoms with Gasteiger partial charge in [-0.25, -0.2) is 8.78 Å². The number of hydrogen-bond donors (Lipinski definition) is 1. The molecule has 2 aromatic carbocycles. The fraction of sp³-hybridized carbons (Fsp3) is 0.364. The van der Waals surface area contributed by atoms with Crippen LogP contribution in [0.3, 0.4) is 0 Å². The van der Waals surface area contributed by atoms with Crippen molar-refractivity contribution in [2.75, 3.05) is 34.8 Å². The van der Waals surface area contributed by atoms with E-state index < -0.39 is 23.5 Å². The van der Waals surface area contributed by atoms with Crippen LogP contribution in [0.25, 0.3) is 0 Å². The lowest BCUT2D eigenvalue weighted by Crippen LogP contribution is -2.34.